The fraction of sp³-hybridized carbons (Fsp3) is 0.562. The summed E-state index contributed by atoms with van der Waals surface area (Å²) < 4.78 is 29.3. The first-order valence-corrected chi connectivity index (χ1v) is 7.47. The summed E-state index contributed by atoms with van der Waals surface area (Å²) >= 11 is 0. The second-order valence-corrected chi connectivity index (χ2v) is 5.87. The Balaban J connectivity index is 2.10. The molecule has 2 rings (SSSR count). The second-order valence-electron chi connectivity index (χ2n) is 5.87. The molecule has 122 valence electrons. The van der Waals surface area contributed by atoms with Crippen molar-refractivity contribution in [2.24, 2.45) is 0 Å². The number of aryl methyl sites for hydroxylation is 2. The number of amides is 1. The van der Waals surface area contributed by atoms with Gasteiger partial charge < -0.3 is 15.4 Å². The van der Waals surface area contributed by atoms with Crippen molar-refractivity contribution in [3.63, 3.8) is 0 Å². The molecule has 6 heteroatoms. The lowest BCUT2D eigenvalue weighted by Crippen LogP contribution is -2.46. The van der Waals surface area contributed by atoms with E-state index < -0.39 is 6.61 Å². The number of alkyl halides is 2. The molecule has 2 N–H and O–H groups in total. The molecule has 0 aromatic heterocycles. The van der Waals surface area contributed by atoms with Crippen LogP contribution >= 0.6 is 0 Å². The van der Waals surface area contributed by atoms with Crippen LogP contribution in [-0.2, 0) is 0 Å². The minimum Gasteiger partial charge on any atom is -0.434 e. The monoisotopic (exact) mass is 312 g/mol. The van der Waals surface area contributed by atoms with Gasteiger partial charge in [0.15, 0.2) is 0 Å². The number of halogens is 2. The van der Waals surface area contributed by atoms with Gasteiger partial charge >= 0.3 is 6.61 Å². The molecule has 1 aliphatic heterocycles. The summed E-state index contributed by atoms with van der Waals surface area (Å²) in [7, 11) is 0. The number of rotatable bonds is 4. The lowest BCUT2D eigenvalue weighted by Gasteiger charge is -2.28. The van der Waals surface area contributed by atoms with E-state index in [-0.39, 0.29) is 17.7 Å². The van der Waals surface area contributed by atoms with Crippen LogP contribution in [0.3, 0.4) is 0 Å². The third kappa shape index (κ3) is 4.16. The maximum Gasteiger partial charge on any atom is 0.387 e. The smallest absolute Gasteiger partial charge is 0.387 e. The van der Waals surface area contributed by atoms with Gasteiger partial charge in [-0.15, -0.1) is 0 Å². The van der Waals surface area contributed by atoms with Gasteiger partial charge in [0.25, 0.3) is 5.91 Å². The highest BCUT2D eigenvalue weighted by Crippen LogP contribution is 2.26. The quantitative estimate of drug-likeness (QED) is 0.899. The van der Waals surface area contributed by atoms with Crippen molar-refractivity contribution in [2.45, 2.75) is 52.3 Å². The zero-order valence-corrected chi connectivity index (χ0v) is 13.1. The number of carbonyl (C=O) groups excluding carboxylic acids is 1. The van der Waals surface area contributed by atoms with Crippen molar-refractivity contribution in [1.82, 2.24) is 10.6 Å². The summed E-state index contributed by atoms with van der Waals surface area (Å²) in [5.41, 5.74) is 1.54. The highest BCUT2D eigenvalue weighted by atomic mass is 19.3. The van der Waals surface area contributed by atoms with Crippen LogP contribution < -0.4 is 15.4 Å². The third-order valence-electron chi connectivity index (χ3n) is 3.89. The summed E-state index contributed by atoms with van der Waals surface area (Å²) in [6.07, 6.45) is 1.77. The van der Waals surface area contributed by atoms with Gasteiger partial charge in [-0.2, -0.15) is 8.78 Å². The Morgan fingerprint density at radius 3 is 2.55 bits per heavy atom. The highest BCUT2D eigenvalue weighted by Gasteiger charge is 2.21. The van der Waals surface area contributed by atoms with Gasteiger partial charge in [-0.3, -0.25) is 4.79 Å². The van der Waals surface area contributed by atoms with E-state index in [0.717, 1.165) is 19.4 Å². The maximum absolute atomic E-state index is 12.4. The van der Waals surface area contributed by atoms with Crippen molar-refractivity contribution in [2.75, 3.05) is 6.54 Å². The Kier molecular flexibility index (Phi) is 5.34. The van der Waals surface area contributed by atoms with Gasteiger partial charge in [0.2, 0.25) is 0 Å². The van der Waals surface area contributed by atoms with E-state index in [9.17, 15) is 13.6 Å². The number of benzene rings is 1. The summed E-state index contributed by atoms with van der Waals surface area (Å²) in [6.45, 7) is 3.42. The van der Waals surface area contributed by atoms with E-state index in [1.165, 1.54) is 0 Å². The molecule has 0 saturated carbocycles. The molecule has 0 bridgehead atoms. The molecule has 1 heterocycles. The first-order chi connectivity index (χ1) is 10.4. The molecule has 4 nitrogen and oxygen atoms in total. The third-order valence-corrected chi connectivity index (χ3v) is 3.89. The Morgan fingerprint density at radius 1 is 1.36 bits per heavy atom. The first-order valence-electron chi connectivity index (χ1n) is 7.47. The van der Waals surface area contributed by atoms with Crippen LogP contribution in [0.5, 0.6) is 5.75 Å². The zero-order chi connectivity index (χ0) is 16.3. The van der Waals surface area contributed by atoms with Crippen molar-refractivity contribution < 1.29 is 18.3 Å². The van der Waals surface area contributed by atoms with E-state index in [4.69, 9.17) is 0 Å². The zero-order valence-electron chi connectivity index (χ0n) is 13.1. The van der Waals surface area contributed by atoms with Crippen LogP contribution in [0.25, 0.3) is 0 Å². The van der Waals surface area contributed by atoms with Crippen LogP contribution in [0.15, 0.2) is 12.1 Å². The topological polar surface area (TPSA) is 50.4 Å². The van der Waals surface area contributed by atoms with E-state index >= 15 is 0 Å². The first kappa shape index (κ1) is 16.7. The molecule has 2 unspecified atom stereocenters. The molecule has 22 heavy (non-hydrogen) atoms. The van der Waals surface area contributed by atoms with Crippen LogP contribution in [0.4, 0.5) is 8.78 Å². The number of carbonyl (C=O) groups is 1. The molecule has 1 saturated heterocycles. The minimum atomic E-state index is -2.87. The van der Waals surface area contributed by atoms with E-state index in [1.54, 1.807) is 26.0 Å². The van der Waals surface area contributed by atoms with Gasteiger partial charge in [0.1, 0.15) is 5.75 Å². The SMILES string of the molecule is Cc1cc(C(=O)NC2CCNC(C)C2)cc(C)c1OC(F)F. The summed E-state index contributed by atoms with van der Waals surface area (Å²) in [4.78, 5) is 12.3. The Hall–Kier alpha value is -1.69. The van der Waals surface area contributed by atoms with Crippen LogP contribution in [-0.4, -0.2) is 31.1 Å². The average Bonchev–Trinajstić information content (AvgIpc) is 2.42. The number of nitrogens with one attached hydrogen (secondary N) is 2. The summed E-state index contributed by atoms with van der Waals surface area (Å²) in [5.74, 6) is -0.0315. The van der Waals surface area contributed by atoms with Crippen molar-refractivity contribution in [1.29, 1.82) is 0 Å². The molecule has 1 aliphatic rings. The Bertz CT molecular complexity index is 526. The predicted molar refractivity (Wildman–Crippen MR) is 80.5 cm³/mol. The molecular weight excluding hydrogens is 290 g/mol. The second kappa shape index (κ2) is 7.05. The Labute approximate surface area is 129 Å². The van der Waals surface area contributed by atoms with Crippen molar-refractivity contribution >= 4 is 5.91 Å². The van der Waals surface area contributed by atoms with Crippen molar-refractivity contribution in [3.8, 4) is 5.75 Å². The molecule has 1 aromatic carbocycles. The normalized spacial score (nSPS) is 21.7. The highest BCUT2D eigenvalue weighted by molar-refractivity contribution is 5.95. The van der Waals surface area contributed by atoms with Gasteiger partial charge in [-0.05, 0) is 63.4 Å². The van der Waals surface area contributed by atoms with E-state index in [0.29, 0.717) is 22.7 Å². The number of ether oxygens (including phenoxy) is 1. The van der Waals surface area contributed by atoms with Crippen LogP contribution in [0.1, 0.15) is 41.3 Å². The lowest BCUT2D eigenvalue weighted by molar-refractivity contribution is -0.0507. The van der Waals surface area contributed by atoms with Gasteiger partial charge in [-0.25, -0.2) is 0 Å². The number of hydrogen-bond donors (Lipinski definition) is 2. The number of piperidine rings is 1. The molecule has 1 amide bonds. The fourth-order valence-electron chi connectivity index (χ4n) is 2.89. The number of hydrogen-bond acceptors (Lipinski definition) is 3. The van der Waals surface area contributed by atoms with Crippen LogP contribution in [0.2, 0.25) is 0 Å². The van der Waals surface area contributed by atoms with Gasteiger partial charge in [-0.1, -0.05) is 0 Å². The van der Waals surface area contributed by atoms with Crippen molar-refractivity contribution in [3.05, 3.63) is 28.8 Å². The molecule has 1 fully saturated rings. The molecule has 0 aliphatic carbocycles. The minimum absolute atomic E-state index is 0.140. The fourth-order valence-corrected chi connectivity index (χ4v) is 2.89. The molecule has 1 aromatic rings. The van der Waals surface area contributed by atoms with E-state index in [2.05, 4.69) is 22.3 Å². The lowest BCUT2D eigenvalue weighted by atomic mass is 9.99. The molecule has 0 spiro atoms. The Morgan fingerprint density at radius 2 is 2.00 bits per heavy atom. The van der Waals surface area contributed by atoms with Crippen LogP contribution in [0, 0.1) is 13.8 Å². The summed E-state index contributed by atoms with van der Waals surface area (Å²) in [5, 5.41) is 6.34. The van der Waals surface area contributed by atoms with Gasteiger partial charge in [0.05, 0.1) is 0 Å². The predicted octanol–water partition coefficient (Wildman–Crippen LogP) is 2.78. The molecule has 2 atom stereocenters. The summed E-state index contributed by atoms with van der Waals surface area (Å²) in [6, 6.07) is 3.69. The van der Waals surface area contributed by atoms with Gasteiger partial charge in [0, 0.05) is 17.6 Å². The maximum atomic E-state index is 12.4. The molecular formula is C16H22F2N2O2. The molecule has 0 radical (unpaired) electrons. The average molecular weight is 312 g/mol. The largest absolute Gasteiger partial charge is 0.434 e. The standard InChI is InChI=1S/C16H22F2N2O2/c1-9-6-12(7-10(2)14(9)22-16(17)18)15(21)20-13-4-5-19-11(3)8-13/h6-7,11,13,16,19H,4-5,8H2,1-3H3,(H,20,21). The van der Waals surface area contributed by atoms with E-state index in [1.807, 2.05) is 0 Å².